The van der Waals surface area contributed by atoms with Crippen LogP contribution in [0, 0.1) is 0 Å². The first-order chi connectivity index (χ1) is 14.8. The summed E-state index contributed by atoms with van der Waals surface area (Å²) in [6.45, 7) is 5.98. The normalized spacial score (nSPS) is 16.6. The van der Waals surface area contributed by atoms with E-state index in [9.17, 15) is 18.0 Å². The average Bonchev–Trinajstić information content (AvgIpc) is 3.30. The highest BCUT2D eigenvalue weighted by atomic mass is 32.1. The van der Waals surface area contributed by atoms with Gasteiger partial charge in [0.15, 0.2) is 11.5 Å². The lowest BCUT2D eigenvalue weighted by Gasteiger charge is -2.11. The Morgan fingerprint density at radius 3 is 2.84 bits per heavy atom. The number of pyridine rings is 1. The van der Waals surface area contributed by atoms with Crippen LogP contribution in [0.25, 0.3) is 32.9 Å². The molecule has 0 spiro atoms. The monoisotopic (exact) mass is 443 g/mol. The van der Waals surface area contributed by atoms with Gasteiger partial charge < -0.3 is 10.6 Å². The number of anilines is 1. The van der Waals surface area contributed by atoms with Gasteiger partial charge in [0, 0.05) is 28.1 Å². The maximum absolute atomic E-state index is 13.5. The summed E-state index contributed by atoms with van der Waals surface area (Å²) in [4.78, 5) is 17.6. The Bertz CT molecular complexity index is 1370. The van der Waals surface area contributed by atoms with Gasteiger partial charge in [-0.2, -0.15) is 18.3 Å². The fourth-order valence-corrected chi connectivity index (χ4v) is 4.81. The van der Waals surface area contributed by atoms with Crippen LogP contribution in [0.4, 0.5) is 18.9 Å². The molecule has 6 nitrogen and oxygen atoms in total. The highest BCUT2D eigenvalue weighted by Gasteiger charge is 2.36. The molecule has 1 atom stereocenters. The maximum Gasteiger partial charge on any atom is 0.433 e. The molecule has 4 aromatic rings. The lowest BCUT2D eigenvalue weighted by molar-refractivity contribution is -0.142. The second-order valence-electron chi connectivity index (χ2n) is 7.30. The van der Waals surface area contributed by atoms with E-state index < -0.39 is 11.9 Å². The predicted octanol–water partition coefficient (Wildman–Crippen LogP) is 4.84. The summed E-state index contributed by atoms with van der Waals surface area (Å²) in [5, 5.41) is 11.8. The first kappa shape index (κ1) is 19.6. The molecule has 31 heavy (non-hydrogen) atoms. The fourth-order valence-electron chi connectivity index (χ4n) is 3.71. The number of halogens is 3. The number of carbonyl (C=O) groups excluding carboxylic acids is 1. The zero-order valence-electron chi connectivity index (χ0n) is 16.2. The number of amides is 1. The number of nitrogens with zero attached hydrogens (tertiary/aromatic N) is 3. The molecule has 0 radical (unpaired) electrons. The Morgan fingerprint density at radius 1 is 1.29 bits per heavy atom. The third-order valence-electron chi connectivity index (χ3n) is 5.12. The zero-order valence-corrected chi connectivity index (χ0v) is 17.1. The molecular weight excluding hydrogens is 427 g/mol. The molecule has 5 rings (SSSR count). The number of alkyl halides is 3. The molecule has 10 heteroatoms. The first-order valence-electron chi connectivity index (χ1n) is 9.47. The third-order valence-corrected chi connectivity index (χ3v) is 6.27. The van der Waals surface area contributed by atoms with E-state index in [0.717, 1.165) is 31.9 Å². The minimum absolute atomic E-state index is 0.0264. The van der Waals surface area contributed by atoms with E-state index in [4.69, 9.17) is 0 Å². The minimum atomic E-state index is -4.59. The SMILES string of the molecule is C=Cc1cc(C(F)(F)F)n(-c2ccc3c(ccc4sc5c(c43)NC[C@@H](C)NC5=O)n2)n1. The van der Waals surface area contributed by atoms with Gasteiger partial charge in [-0.15, -0.1) is 11.3 Å². The van der Waals surface area contributed by atoms with Gasteiger partial charge in [-0.05, 0) is 43.3 Å². The summed E-state index contributed by atoms with van der Waals surface area (Å²) in [6.07, 6.45) is -3.33. The van der Waals surface area contributed by atoms with Crippen LogP contribution in [0.1, 0.15) is 28.0 Å². The zero-order chi connectivity index (χ0) is 21.9. The van der Waals surface area contributed by atoms with Crippen molar-refractivity contribution >= 4 is 50.0 Å². The summed E-state index contributed by atoms with van der Waals surface area (Å²) >= 11 is 1.37. The molecule has 1 aromatic carbocycles. The van der Waals surface area contributed by atoms with Crippen LogP contribution < -0.4 is 10.6 Å². The Hall–Kier alpha value is -3.40. The Labute approximate surface area is 178 Å². The van der Waals surface area contributed by atoms with E-state index in [-0.39, 0.29) is 23.5 Å². The molecule has 1 amide bonds. The van der Waals surface area contributed by atoms with Crippen LogP contribution >= 0.6 is 11.3 Å². The number of hydrogen-bond donors (Lipinski definition) is 2. The number of thiophene rings is 1. The molecule has 158 valence electrons. The molecule has 1 aliphatic heterocycles. The number of aromatic nitrogens is 3. The maximum atomic E-state index is 13.5. The van der Waals surface area contributed by atoms with Crippen molar-refractivity contribution < 1.29 is 18.0 Å². The first-order valence-corrected chi connectivity index (χ1v) is 10.3. The van der Waals surface area contributed by atoms with E-state index in [1.165, 1.54) is 23.5 Å². The van der Waals surface area contributed by atoms with E-state index in [0.29, 0.717) is 16.9 Å². The summed E-state index contributed by atoms with van der Waals surface area (Å²) in [5.74, 6) is -0.0948. The van der Waals surface area contributed by atoms with Crippen LogP contribution in [0.15, 0.2) is 36.9 Å². The number of rotatable bonds is 2. The van der Waals surface area contributed by atoms with E-state index in [1.807, 2.05) is 13.0 Å². The van der Waals surface area contributed by atoms with Crippen molar-refractivity contribution in [3.63, 3.8) is 0 Å². The Morgan fingerprint density at radius 2 is 2.10 bits per heavy atom. The number of benzene rings is 1. The van der Waals surface area contributed by atoms with Crippen LogP contribution in [0.3, 0.4) is 0 Å². The highest BCUT2D eigenvalue weighted by Crippen LogP contribution is 2.41. The van der Waals surface area contributed by atoms with Crippen molar-refractivity contribution in [2.75, 3.05) is 11.9 Å². The predicted molar refractivity (Wildman–Crippen MR) is 115 cm³/mol. The molecule has 0 saturated carbocycles. The topological polar surface area (TPSA) is 71.8 Å². The van der Waals surface area contributed by atoms with Crippen LogP contribution in [-0.4, -0.2) is 33.3 Å². The van der Waals surface area contributed by atoms with Crippen molar-refractivity contribution in [2.45, 2.75) is 19.1 Å². The number of nitrogens with one attached hydrogen (secondary N) is 2. The quantitative estimate of drug-likeness (QED) is 0.465. The summed E-state index contributed by atoms with van der Waals surface area (Å²) in [6, 6.07) is 7.69. The second-order valence-corrected chi connectivity index (χ2v) is 8.36. The molecule has 3 aromatic heterocycles. The third kappa shape index (κ3) is 3.14. The molecule has 4 heterocycles. The van der Waals surface area contributed by atoms with Crippen LogP contribution in [-0.2, 0) is 6.18 Å². The van der Waals surface area contributed by atoms with Crippen molar-refractivity contribution in [1.29, 1.82) is 0 Å². The van der Waals surface area contributed by atoms with Crippen molar-refractivity contribution in [1.82, 2.24) is 20.1 Å². The lowest BCUT2D eigenvalue weighted by atomic mass is 10.1. The van der Waals surface area contributed by atoms with Gasteiger partial charge in [-0.1, -0.05) is 6.58 Å². The van der Waals surface area contributed by atoms with Crippen LogP contribution in [0.2, 0.25) is 0 Å². The Kier molecular flexibility index (Phi) is 4.30. The number of fused-ring (bicyclic) bond motifs is 5. The van der Waals surface area contributed by atoms with E-state index in [2.05, 4.69) is 27.3 Å². The van der Waals surface area contributed by atoms with Gasteiger partial charge in [0.2, 0.25) is 0 Å². The molecule has 0 bridgehead atoms. The standard InChI is InChI=1S/C21H16F3N5OS/c1-3-11-8-15(21(22,23)24)29(28-11)16-7-4-12-13(27-16)5-6-14-17(12)18-19(31-14)20(30)26-10(2)9-25-18/h3-8,10,25H,1,9H2,2H3,(H,26,30)/t10-/m1/s1. The largest absolute Gasteiger partial charge is 0.433 e. The smallest absolute Gasteiger partial charge is 0.381 e. The molecule has 1 aliphatic rings. The van der Waals surface area contributed by atoms with E-state index >= 15 is 0 Å². The minimum Gasteiger partial charge on any atom is -0.381 e. The summed E-state index contributed by atoms with van der Waals surface area (Å²) in [5.41, 5.74) is 0.420. The molecule has 0 unspecified atom stereocenters. The second kappa shape index (κ2) is 6.81. The molecule has 0 aliphatic carbocycles. The van der Waals surface area contributed by atoms with Gasteiger partial charge in [0.1, 0.15) is 4.88 Å². The van der Waals surface area contributed by atoms with Gasteiger partial charge in [-0.25, -0.2) is 9.67 Å². The molecule has 0 fully saturated rings. The molecule has 0 saturated heterocycles. The highest BCUT2D eigenvalue weighted by molar-refractivity contribution is 7.21. The van der Waals surface area contributed by atoms with Crippen LogP contribution in [0.5, 0.6) is 0 Å². The van der Waals surface area contributed by atoms with Gasteiger partial charge in [-0.3, -0.25) is 4.79 Å². The van der Waals surface area contributed by atoms with Crippen molar-refractivity contribution in [3.8, 4) is 5.82 Å². The Balaban J connectivity index is 1.71. The lowest BCUT2D eigenvalue weighted by Crippen LogP contribution is -2.34. The van der Waals surface area contributed by atoms with Crippen molar-refractivity contribution in [2.24, 2.45) is 0 Å². The summed E-state index contributed by atoms with van der Waals surface area (Å²) in [7, 11) is 0. The molecular formula is C21H16F3N5OS. The van der Waals surface area contributed by atoms with Gasteiger partial charge in [0.25, 0.3) is 5.91 Å². The fraction of sp³-hybridized carbons (Fsp3) is 0.190. The molecule has 2 N–H and O–H groups in total. The van der Waals surface area contributed by atoms with E-state index in [1.54, 1.807) is 12.1 Å². The van der Waals surface area contributed by atoms with Crippen molar-refractivity contribution in [3.05, 3.63) is 53.2 Å². The van der Waals surface area contributed by atoms with Gasteiger partial charge >= 0.3 is 6.18 Å². The number of hydrogen-bond acceptors (Lipinski definition) is 5. The summed E-state index contributed by atoms with van der Waals surface area (Å²) < 4.78 is 42.2. The average molecular weight is 443 g/mol. The number of carbonyl (C=O) groups is 1. The van der Waals surface area contributed by atoms with Gasteiger partial charge in [0.05, 0.1) is 16.9 Å².